The molecule has 0 spiro atoms. The van der Waals surface area contributed by atoms with E-state index in [-0.39, 0.29) is 11.9 Å². The van der Waals surface area contributed by atoms with E-state index in [4.69, 9.17) is 0 Å². The second kappa shape index (κ2) is 6.90. The van der Waals surface area contributed by atoms with Crippen molar-refractivity contribution in [1.82, 2.24) is 14.5 Å². The molecule has 2 aromatic heterocycles. The van der Waals surface area contributed by atoms with Gasteiger partial charge in [-0.2, -0.15) is 0 Å². The highest BCUT2D eigenvalue weighted by Gasteiger charge is 2.29. The molecule has 1 saturated heterocycles. The van der Waals surface area contributed by atoms with E-state index in [0.29, 0.717) is 11.6 Å². The average Bonchev–Trinajstić information content (AvgIpc) is 3.39. The van der Waals surface area contributed by atoms with Crippen molar-refractivity contribution in [2.24, 2.45) is 7.05 Å². The lowest BCUT2D eigenvalue weighted by molar-refractivity contribution is 0.0674. The molecule has 1 aliphatic heterocycles. The summed E-state index contributed by atoms with van der Waals surface area (Å²) < 4.78 is 2.14. The van der Waals surface area contributed by atoms with E-state index in [1.165, 1.54) is 31.4 Å². The molecule has 1 atom stereocenters. The molecule has 5 nitrogen and oxygen atoms in total. The van der Waals surface area contributed by atoms with Gasteiger partial charge in [-0.25, -0.2) is 4.98 Å². The Balaban J connectivity index is 1.56. The van der Waals surface area contributed by atoms with Crippen molar-refractivity contribution in [3.8, 4) is 0 Å². The summed E-state index contributed by atoms with van der Waals surface area (Å²) in [6.45, 7) is 0.816. The summed E-state index contributed by atoms with van der Waals surface area (Å²) in [6, 6.07) is 8.76. The predicted molar refractivity (Wildman–Crippen MR) is 98.5 cm³/mol. The van der Waals surface area contributed by atoms with Crippen LogP contribution in [0.2, 0.25) is 0 Å². The first-order valence-corrected chi connectivity index (χ1v) is 9.37. The smallest absolute Gasteiger partial charge is 0.255 e. The van der Waals surface area contributed by atoms with Crippen molar-refractivity contribution in [2.75, 3.05) is 11.9 Å². The molecule has 1 saturated carbocycles. The number of likely N-dealkylation sites (tertiary alicyclic amines) is 1. The third-order valence-electron chi connectivity index (χ3n) is 5.28. The molecule has 0 aromatic carbocycles. The summed E-state index contributed by atoms with van der Waals surface area (Å²) in [5, 5.41) is 3.37. The molecule has 1 N–H and O–H groups in total. The molecule has 1 aliphatic carbocycles. The number of pyridine rings is 1. The van der Waals surface area contributed by atoms with Crippen LogP contribution >= 0.6 is 0 Å². The maximum Gasteiger partial charge on any atom is 0.255 e. The molecule has 0 radical (unpaired) electrons. The van der Waals surface area contributed by atoms with Crippen LogP contribution in [0.1, 0.15) is 60.6 Å². The highest BCUT2D eigenvalue weighted by molar-refractivity contribution is 5.94. The molecule has 1 amide bonds. The number of carbonyl (C=O) groups is 1. The Morgan fingerprint density at radius 1 is 1.16 bits per heavy atom. The normalized spacial score (nSPS) is 21.0. The number of rotatable bonds is 4. The zero-order chi connectivity index (χ0) is 17.2. The van der Waals surface area contributed by atoms with Gasteiger partial charge in [-0.05, 0) is 49.9 Å². The molecular formula is C20H26N4O. The van der Waals surface area contributed by atoms with E-state index in [9.17, 15) is 4.79 Å². The Morgan fingerprint density at radius 2 is 2.04 bits per heavy atom. The van der Waals surface area contributed by atoms with E-state index in [1.54, 1.807) is 6.20 Å². The molecule has 0 bridgehead atoms. The number of nitrogens with one attached hydrogen (secondary N) is 1. The summed E-state index contributed by atoms with van der Waals surface area (Å²) in [5.41, 5.74) is 1.90. The third-order valence-corrected chi connectivity index (χ3v) is 5.28. The van der Waals surface area contributed by atoms with Gasteiger partial charge in [0, 0.05) is 37.7 Å². The Hall–Kier alpha value is -2.30. The summed E-state index contributed by atoms with van der Waals surface area (Å²) >= 11 is 0. The second-order valence-electron chi connectivity index (χ2n) is 7.26. The minimum Gasteiger partial charge on any atom is -0.367 e. The number of amides is 1. The van der Waals surface area contributed by atoms with Gasteiger partial charge >= 0.3 is 0 Å². The molecule has 25 heavy (non-hydrogen) atoms. The third kappa shape index (κ3) is 3.55. The number of aryl methyl sites for hydroxylation is 1. The van der Waals surface area contributed by atoms with Crippen molar-refractivity contribution in [1.29, 1.82) is 0 Å². The van der Waals surface area contributed by atoms with Crippen molar-refractivity contribution in [3.63, 3.8) is 0 Å². The fourth-order valence-electron chi connectivity index (χ4n) is 3.69. The Labute approximate surface area is 149 Å². The highest BCUT2D eigenvalue weighted by Crippen LogP contribution is 2.31. The number of nitrogens with zero attached hydrogens (tertiary/aromatic N) is 3. The summed E-state index contributed by atoms with van der Waals surface area (Å²) in [6.07, 6.45) is 10.7. The molecule has 0 unspecified atom stereocenters. The van der Waals surface area contributed by atoms with Crippen LogP contribution in [0.25, 0.3) is 0 Å². The van der Waals surface area contributed by atoms with Crippen LogP contribution in [0.15, 0.2) is 36.7 Å². The first kappa shape index (κ1) is 16.2. The van der Waals surface area contributed by atoms with Gasteiger partial charge in [-0.3, -0.25) is 4.79 Å². The van der Waals surface area contributed by atoms with E-state index < -0.39 is 0 Å². The van der Waals surface area contributed by atoms with Gasteiger partial charge in [-0.15, -0.1) is 0 Å². The first-order chi connectivity index (χ1) is 12.2. The van der Waals surface area contributed by atoms with Gasteiger partial charge in [0.1, 0.15) is 5.82 Å². The SMILES string of the molecule is Cn1cccc1[C@@H]1CCCCCN1C(=O)c1ccc(NC2CC2)nc1. The quantitative estimate of drug-likeness (QED) is 0.923. The van der Waals surface area contributed by atoms with Gasteiger partial charge in [-0.1, -0.05) is 12.8 Å². The van der Waals surface area contributed by atoms with Gasteiger partial charge in [0.05, 0.1) is 11.6 Å². The van der Waals surface area contributed by atoms with Crippen molar-refractivity contribution < 1.29 is 4.79 Å². The van der Waals surface area contributed by atoms with Crippen LogP contribution in [0.3, 0.4) is 0 Å². The van der Waals surface area contributed by atoms with Gasteiger partial charge < -0.3 is 14.8 Å². The fourth-order valence-corrected chi connectivity index (χ4v) is 3.69. The van der Waals surface area contributed by atoms with Crippen LogP contribution in [-0.2, 0) is 7.05 Å². The Morgan fingerprint density at radius 3 is 2.72 bits per heavy atom. The minimum atomic E-state index is 0.0959. The van der Waals surface area contributed by atoms with Crippen molar-refractivity contribution in [2.45, 2.75) is 50.6 Å². The number of aromatic nitrogens is 2. The van der Waals surface area contributed by atoms with Crippen LogP contribution in [-0.4, -0.2) is 32.9 Å². The first-order valence-electron chi connectivity index (χ1n) is 9.37. The number of hydrogen-bond acceptors (Lipinski definition) is 3. The van der Waals surface area contributed by atoms with E-state index in [1.807, 2.05) is 17.0 Å². The number of carbonyl (C=O) groups excluding carboxylic acids is 1. The second-order valence-corrected chi connectivity index (χ2v) is 7.26. The van der Waals surface area contributed by atoms with Gasteiger partial charge in [0.25, 0.3) is 5.91 Å². The molecule has 132 valence electrons. The largest absolute Gasteiger partial charge is 0.367 e. The molecule has 5 heteroatoms. The van der Waals surface area contributed by atoms with Gasteiger partial charge in [0.15, 0.2) is 0 Å². The molecule has 4 rings (SSSR count). The molecule has 3 heterocycles. The standard InChI is InChI=1S/C20H26N4O/c1-23-12-5-7-17(23)18-6-3-2-4-13-24(18)20(25)15-8-11-19(21-14-15)22-16-9-10-16/h5,7-8,11-12,14,16,18H,2-4,6,9-10,13H2,1H3,(H,21,22)/t18-/m0/s1. The maximum atomic E-state index is 13.2. The predicted octanol–water partition coefficient (Wildman–Crippen LogP) is 3.75. The molecular weight excluding hydrogens is 312 g/mol. The number of anilines is 1. The average molecular weight is 338 g/mol. The Kier molecular flexibility index (Phi) is 4.47. The highest BCUT2D eigenvalue weighted by atomic mass is 16.2. The lowest BCUT2D eigenvalue weighted by Gasteiger charge is -2.30. The van der Waals surface area contributed by atoms with Gasteiger partial charge in [0.2, 0.25) is 0 Å². The fraction of sp³-hybridized carbons (Fsp3) is 0.500. The molecule has 2 aliphatic rings. The monoisotopic (exact) mass is 338 g/mol. The van der Waals surface area contributed by atoms with Crippen molar-refractivity contribution in [3.05, 3.63) is 47.9 Å². The van der Waals surface area contributed by atoms with E-state index in [0.717, 1.165) is 25.2 Å². The van der Waals surface area contributed by atoms with Crippen LogP contribution < -0.4 is 5.32 Å². The lowest BCUT2D eigenvalue weighted by Crippen LogP contribution is -2.35. The van der Waals surface area contributed by atoms with Crippen LogP contribution in [0, 0.1) is 0 Å². The zero-order valence-corrected chi connectivity index (χ0v) is 14.8. The van der Waals surface area contributed by atoms with E-state index in [2.05, 4.69) is 40.2 Å². The lowest BCUT2D eigenvalue weighted by atomic mass is 10.1. The summed E-state index contributed by atoms with van der Waals surface area (Å²) in [4.78, 5) is 19.7. The Bertz CT molecular complexity index is 732. The van der Waals surface area contributed by atoms with Crippen molar-refractivity contribution >= 4 is 11.7 Å². The minimum absolute atomic E-state index is 0.0959. The number of hydrogen-bond donors (Lipinski definition) is 1. The van der Waals surface area contributed by atoms with E-state index >= 15 is 0 Å². The summed E-state index contributed by atoms with van der Waals surface area (Å²) in [7, 11) is 2.06. The maximum absolute atomic E-state index is 13.2. The molecule has 2 fully saturated rings. The van der Waals surface area contributed by atoms with Crippen LogP contribution in [0.5, 0.6) is 0 Å². The molecule has 2 aromatic rings. The topological polar surface area (TPSA) is 50.2 Å². The summed E-state index contributed by atoms with van der Waals surface area (Å²) in [5.74, 6) is 0.965. The zero-order valence-electron chi connectivity index (χ0n) is 14.8. The van der Waals surface area contributed by atoms with Crippen LogP contribution in [0.4, 0.5) is 5.82 Å².